The maximum atomic E-state index is 13.2. The number of ether oxygens (including phenoxy) is 2. The molecular formula is C23H31NO8. The molecule has 0 amide bonds. The molecule has 0 unspecified atom stereocenters. The third-order valence-corrected chi connectivity index (χ3v) is 5.08. The van der Waals surface area contributed by atoms with E-state index in [9.17, 15) is 29.6 Å². The number of nitro benzene ring substituents is 1. The molecule has 0 heterocycles. The van der Waals surface area contributed by atoms with Crippen LogP contribution in [0.15, 0.2) is 24.3 Å². The Balaban J connectivity index is 2.66. The number of hydrogen-bond acceptors (Lipinski definition) is 8. The van der Waals surface area contributed by atoms with Crippen molar-refractivity contribution in [2.24, 2.45) is 11.8 Å². The fourth-order valence-corrected chi connectivity index (χ4v) is 3.96. The fourth-order valence-electron chi connectivity index (χ4n) is 3.96. The number of esters is 2. The van der Waals surface area contributed by atoms with E-state index < -0.39 is 63.6 Å². The number of Topliss-reactive ketones (excluding diaryl/α,β-unsaturated/α-hetero) is 1. The average molecular weight is 450 g/mol. The van der Waals surface area contributed by atoms with Gasteiger partial charge in [0.05, 0.1) is 16.4 Å². The van der Waals surface area contributed by atoms with Gasteiger partial charge in [0.25, 0.3) is 5.69 Å². The van der Waals surface area contributed by atoms with Gasteiger partial charge in [-0.15, -0.1) is 0 Å². The maximum Gasteiger partial charge on any atom is 0.317 e. The van der Waals surface area contributed by atoms with Crippen molar-refractivity contribution in [3.05, 3.63) is 39.9 Å². The summed E-state index contributed by atoms with van der Waals surface area (Å²) >= 11 is 0. The first kappa shape index (κ1) is 25.5. The van der Waals surface area contributed by atoms with Crippen LogP contribution in [0.2, 0.25) is 0 Å². The second kappa shape index (κ2) is 8.61. The molecule has 9 heteroatoms. The van der Waals surface area contributed by atoms with Crippen LogP contribution in [-0.4, -0.2) is 44.6 Å². The van der Waals surface area contributed by atoms with Crippen LogP contribution in [0.4, 0.5) is 5.69 Å². The molecule has 1 aliphatic carbocycles. The van der Waals surface area contributed by atoms with Gasteiger partial charge in [0, 0.05) is 24.5 Å². The molecule has 1 aliphatic rings. The lowest BCUT2D eigenvalue weighted by Crippen LogP contribution is -2.56. The van der Waals surface area contributed by atoms with E-state index in [0.29, 0.717) is 5.56 Å². The summed E-state index contributed by atoms with van der Waals surface area (Å²) in [7, 11) is 0. The lowest BCUT2D eigenvalue weighted by Gasteiger charge is -2.44. The molecule has 9 nitrogen and oxygen atoms in total. The molecular weight excluding hydrogens is 418 g/mol. The highest BCUT2D eigenvalue weighted by atomic mass is 16.6. The molecule has 0 bridgehead atoms. The highest BCUT2D eigenvalue weighted by molar-refractivity contribution is 6.03. The zero-order valence-electron chi connectivity index (χ0n) is 19.5. The number of non-ortho nitro benzene ring substituents is 1. The van der Waals surface area contributed by atoms with Gasteiger partial charge in [0.2, 0.25) is 0 Å². The molecule has 32 heavy (non-hydrogen) atoms. The van der Waals surface area contributed by atoms with Crippen molar-refractivity contribution >= 4 is 23.4 Å². The number of carbonyl (C=O) groups is 3. The Morgan fingerprint density at radius 2 is 1.50 bits per heavy atom. The normalized spacial score (nSPS) is 26.4. The second-order valence-corrected chi connectivity index (χ2v) is 10.4. The molecule has 1 aromatic carbocycles. The minimum absolute atomic E-state index is 0.190. The van der Waals surface area contributed by atoms with Gasteiger partial charge in [-0.25, -0.2) is 0 Å². The van der Waals surface area contributed by atoms with E-state index >= 15 is 0 Å². The van der Waals surface area contributed by atoms with Crippen LogP contribution >= 0.6 is 0 Å². The smallest absolute Gasteiger partial charge is 0.317 e. The van der Waals surface area contributed by atoms with E-state index in [4.69, 9.17) is 9.47 Å². The number of nitro groups is 1. The average Bonchev–Trinajstić information content (AvgIpc) is 2.56. The van der Waals surface area contributed by atoms with Gasteiger partial charge in [0.1, 0.15) is 17.1 Å². The van der Waals surface area contributed by atoms with Gasteiger partial charge in [-0.3, -0.25) is 24.5 Å². The van der Waals surface area contributed by atoms with Crippen molar-refractivity contribution in [2.75, 3.05) is 0 Å². The summed E-state index contributed by atoms with van der Waals surface area (Å²) in [6, 6.07) is 5.21. The third-order valence-electron chi connectivity index (χ3n) is 5.08. The molecule has 2 rings (SSSR count). The van der Waals surface area contributed by atoms with Crippen LogP contribution in [0.1, 0.15) is 66.4 Å². The number of carbonyl (C=O) groups excluding carboxylic acids is 3. The highest BCUT2D eigenvalue weighted by Crippen LogP contribution is 2.47. The highest BCUT2D eigenvalue weighted by Gasteiger charge is 2.57. The summed E-state index contributed by atoms with van der Waals surface area (Å²) in [6.07, 6.45) is -0.440. The predicted molar refractivity (Wildman–Crippen MR) is 115 cm³/mol. The van der Waals surface area contributed by atoms with E-state index in [1.54, 1.807) is 41.5 Å². The van der Waals surface area contributed by atoms with Gasteiger partial charge in [-0.1, -0.05) is 12.1 Å². The zero-order valence-corrected chi connectivity index (χ0v) is 19.5. The van der Waals surface area contributed by atoms with E-state index in [1.165, 1.54) is 31.2 Å². The van der Waals surface area contributed by atoms with E-state index in [2.05, 4.69) is 0 Å². The summed E-state index contributed by atoms with van der Waals surface area (Å²) < 4.78 is 11.0. The molecule has 1 saturated carbocycles. The Kier molecular flexibility index (Phi) is 6.85. The van der Waals surface area contributed by atoms with Crippen LogP contribution in [0.3, 0.4) is 0 Å². The zero-order chi connectivity index (χ0) is 24.6. The topological polar surface area (TPSA) is 133 Å². The molecule has 1 aromatic rings. The summed E-state index contributed by atoms with van der Waals surface area (Å²) in [4.78, 5) is 49.8. The molecule has 0 spiro atoms. The molecule has 0 saturated heterocycles. The SMILES string of the molecule is CC(C)(C)OC(=O)[C@H]1C(=O)C[C@@](C)(O)[C@H](C(=O)OC(C)(C)C)[C@@H]1c1ccc([N+](=O)[O-])cc1. The Morgan fingerprint density at radius 3 is 1.94 bits per heavy atom. The maximum absolute atomic E-state index is 13.2. The molecule has 176 valence electrons. The van der Waals surface area contributed by atoms with Gasteiger partial charge in [-0.05, 0) is 54.0 Å². The van der Waals surface area contributed by atoms with Crippen LogP contribution in [-0.2, 0) is 23.9 Å². The van der Waals surface area contributed by atoms with Crippen LogP contribution in [0.5, 0.6) is 0 Å². The van der Waals surface area contributed by atoms with Gasteiger partial charge >= 0.3 is 11.9 Å². The summed E-state index contributed by atoms with van der Waals surface area (Å²) in [5.41, 5.74) is -3.44. The lowest BCUT2D eigenvalue weighted by molar-refractivity contribution is -0.384. The van der Waals surface area contributed by atoms with E-state index in [0.717, 1.165) is 0 Å². The van der Waals surface area contributed by atoms with Crippen LogP contribution in [0, 0.1) is 22.0 Å². The Bertz CT molecular complexity index is 905. The standard InChI is InChI=1S/C23H31NO8/c1-21(2,3)31-19(26)17-15(25)12-23(7,28)18(20(27)32-22(4,5)6)16(17)13-8-10-14(11-9-13)24(29)30/h8-11,16-18,28H,12H2,1-7H3/t16-,17+,18+,23-/m1/s1. The third kappa shape index (κ3) is 5.91. The molecule has 0 aromatic heterocycles. The number of rotatable bonds is 4. The van der Waals surface area contributed by atoms with Gasteiger partial charge < -0.3 is 14.6 Å². The van der Waals surface area contributed by atoms with Crippen molar-refractivity contribution in [1.82, 2.24) is 0 Å². The summed E-state index contributed by atoms with van der Waals surface area (Å²) in [5, 5.41) is 22.2. The van der Waals surface area contributed by atoms with E-state index in [-0.39, 0.29) is 5.69 Å². The Labute approximate surface area is 187 Å². The quantitative estimate of drug-likeness (QED) is 0.320. The van der Waals surface area contributed by atoms with Crippen molar-refractivity contribution in [3.63, 3.8) is 0 Å². The van der Waals surface area contributed by atoms with Crippen LogP contribution < -0.4 is 0 Å². The monoisotopic (exact) mass is 449 g/mol. The minimum Gasteiger partial charge on any atom is -0.460 e. The van der Waals surface area contributed by atoms with Crippen molar-refractivity contribution in [2.45, 2.75) is 77.6 Å². The second-order valence-electron chi connectivity index (χ2n) is 10.4. The minimum atomic E-state index is -1.80. The summed E-state index contributed by atoms with van der Waals surface area (Å²) in [5.74, 6) is -5.96. The fraction of sp³-hybridized carbons (Fsp3) is 0.609. The number of hydrogen-bond donors (Lipinski definition) is 1. The largest absolute Gasteiger partial charge is 0.460 e. The molecule has 0 radical (unpaired) electrons. The number of benzene rings is 1. The number of nitrogens with zero attached hydrogens (tertiary/aromatic N) is 1. The van der Waals surface area contributed by atoms with Crippen molar-refractivity contribution in [1.29, 1.82) is 0 Å². The molecule has 1 fully saturated rings. The number of ketones is 1. The van der Waals surface area contributed by atoms with Crippen molar-refractivity contribution < 1.29 is 33.9 Å². The Morgan fingerprint density at radius 1 is 1.03 bits per heavy atom. The first-order valence-corrected chi connectivity index (χ1v) is 10.4. The first-order valence-electron chi connectivity index (χ1n) is 10.4. The molecule has 4 atom stereocenters. The molecule has 1 N–H and O–H groups in total. The van der Waals surface area contributed by atoms with Crippen molar-refractivity contribution in [3.8, 4) is 0 Å². The predicted octanol–water partition coefficient (Wildman–Crippen LogP) is 3.32. The first-order chi connectivity index (χ1) is 14.4. The van der Waals surface area contributed by atoms with Crippen LogP contribution in [0.25, 0.3) is 0 Å². The number of aliphatic hydroxyl groups is 1. The van der Waals surface area contributed by atoms with Gasteiger partial charge in [-0.2, -0.15) is 0 Å². The molecule has 0 aliphatic heterocycles. The lowest BCUT2D eigenvalue weighted by atomic mass is 9.61. The van der Waals surface area contributed by atoms with E-state index in [1.807, 2.05) is 0 Å². The van der Waals surface area contributed by atoms with Gasteiger partial charge in [0.15, 0.2) is 5.78 Å². The Hall–Kier alpha value is -2.81. The summed E-state index contributed by atoms with van der Waals surface area (Å²) in [6.45, 7) is 11.3.